The van der Waals surface area contributed by atoms with Crippen LogP contribution in [0.2, 0.25) is 5.02 Å². The van der Waals surface area contributed by atoms with Crippen LogP contribution < -0.4 is 10.1 Å². The SMILES string of the molecule is CC(=O)N1C2CCC1CC(NCCc1ccc(Oc3nc4ccc(Cl)cc4s3)cc1)C2. The van der Waals surface area contributed by atoms with Crippen LogP contribution in [0, 0.1) is 0 Å². The van der Waals surface area contributed by atoms with Crippen molar-refractivity contribution in [3.8, 4) is 10.9 Å². The molecule has 2 atom stereocenters. The molecule has 1 N–H and O–H groups in total. The van der Waals surface area contributed by atoms with Crippen molar-refractivity contribution >= 4 is 39.1 Å². The van der Waals surface area contributed by atoms with Gasteiger partial charge in [0.1, 0.15) is 5.75 Å². The van der Waals surface area contributed by atoms with E-state index >= 15 is 0 Å². The lowest BCUT2D eigenvalue weighted by molar-refractivity contribution is -0.133. The van der Waals surface area contributed by atoms with Gasteiger partial charge in [-0.25, -0.2) is 4.98 Å². The number of carbonyl (C=O) groups excluding carboxylic acids is 1. The molecule has 31 heavy (non-hydrogen) atoms. The monoisotopic (exact) mass is 455 g/mol. The lowest BCUT2D eigenvalue weighted by atomic mass is 9.97. The number of nitrogens with zero attached hydrogens (tertiary/aromatic N) is 2. The predicted molar refractivity (Wildman–Crippen MR) is 125 cm³/mol. The van der Waals surface area contributed by atoms with Crippen molar-refractivity contribution in [2.75, 3.05) is 6.54 Å². The number of nitrogens with one attached hydrogen (secondary N) is 1. The van der Waals surface area contributed by atoms with Gasteiger partial charge in [0.2, 0.25) is 5.91 Å². The average molecular weight is 456 g/mol. The first-order valence-corrected chi connectivity index (χ1v) is 12.1. The van der Waals surface area contributed by atoms with Gasteiger partial charge in [0.25, 0.3) is 5.19 Å². The molecule has 2 saturated heterocycles. The van der Waals surface area contributed by atoms with E-state index < -0.39 is 0 Å². The van der Waals surface area contributed by atoms with Gasteiger partial charge in [0.05, 0.1) is 10.2 Å². The van der Waals surface area contributed by atoms with E-state index in [1.54, 1.807) is 6.92 Å². The summed E-state index contributed by atoms with van der Waals surface area (Å²) in [5.41, 5.74) is 2.18. The van der Waals surface area contributed by atoms with Crippen LogP contribution in [0.1, 0.15) is 38.2 Å². The van der Waals surface area contributed by atoms with Gasteiger partial charge in [-0.05, 0) is 74.5 Å². The Balaban J connectivity index is 1.12. The van der Waals surface area contributed by atoms with Crippen LogP contribution in [0.25, 0.3) is 10.2 Å². The van der Waals surface area contributed by atoms with Crippen molar-refractivity contribution in [3.63, 3.8) is 0 Å². The standard InChI is InChI=1S/C24H26ClN3O2S/c1-15(29)28-19-5-6-20(28)14-18(13-19)26-11-10-16-2-7-21(8-3-16)30-24-27-22-9-4-17(25)12-23(22)31-24/h2-4,7-9,12,18-20,26H,5-6,10-11,13-14H2,1H3. The second kappa shape index (κ2) is 8.77. The van der Waals surface area contributed by atoms with Crippen LogP contribution in [0.4, 0.5) is 0 Å². The van der Waals surface area contributed by atoms with Crippen LogP contribution in [0.3, 0.4) is 0 Å². The molecule has 0 aliphatic carbocycles. The molecular weight excluding hydrogens is 430 g/mol. The lowest BCUT2D eigenvalue weighted by Gasteiger charge is -2.38. The Labute approximate surface area is 191 Å². The quantitative estimate of drug-likeness (QED) is 0.539. The minimum atomic E-state index is 0.239. The van der Waals surface area contributed by atoms with Crippen molar-refractivity contribution in [2.24, 2.45) is 0 Å². The Morgan fingerprint density at radius 1 is 1.19 bits per heavy atom. The van der Waals surface area contributed by atoms with Crippen LogP contribution in [-0.4, -0.2) is 40.5 Å². The molecule has 5 nitrogen and oxygen atoms in total. The fourth-order valence-corrected chi connectivity index (χ4v) is 6.14. The maximum absolute atomic E-state index is 11.9. The highest BCUT2D eigenvalue weighted by molar-refractivity contribution is 7.20. The molecule has 0 spiro atoms. The van der Waals surface area contributed by atoms with Crippen LogP contribution in [0.5, 0.6) is 10.9 Å². The van der Waals surface area contributed by atoms with Crippen molar-refractivity contribution < 1.29 is 9.53 Å². The Kier molecular flexibility index (Phi) is 5.87. The minimum absolute atomic E-state index is 0.239. The summed E-state index contributed by atoms with van der Waals surface area (Å²) in [6.45, 7) is 2.65. The molecule has 1 amide bonds. The molecule has 7 heteroatoms. The summed E-state index contributed by atoms with van der Waals surface area (Å²) < 4.78 is 6.96. The third-order valence-electron chi connectivity index (χ3n) is 6.40. The molecular formula is C24H26ClN3O2S. The van der Waals surface area contributed by atoms with Gasteiger partial charge < -0.3 is 15.0 Å². The Morgan fingerprint density at radius 3 is 2.65 bits per heavy atom. The first-order chi connectivity index (χ1) is 15.0. The van der Waals surface area contributed by atoms with Crippen molar-refractivity contribution in [3.05, 3.63) is 53.1 Å². The molecule has 2 fully saturated rings. The van der Waals surface area contributed by atoms with Gasteiger partial charge in [-0.15, -0.1) is 0 Å². The number of halogens is 1. The number of aromatic nitrogens is 1. The minimum Gasteiger partial charge on any atom is -0.431 e. The third kappa shape index (κ3) is 4.56. The molecule has 2 aromatic carbocycles. The Morgan fingerprint density at radius 2 is 1.94 bits per heavy atom. The fraction of sp³-hybridized carbons (Fsp3) is 0.417. The number of thiazole rings is 1. The highest BCUT2D eigenvalue weighted by Crippen LogP contribution is 2.36. The summed E-state index contributed by atoms with van der Waals surface area (Å²) in [5.74, 6) is 1.03. The van der Waals surface area contributed by atoms with Gasteiger partial charge >= 0.3 is 0 Å². The summed E-state index contributed by atoms with van der Waals surface area (Å²) in [5, 5.41) is 5.05. The summed E-state index contributed by atoms with van der Waals surface area (Å²) >= 11 is 7.55. The Bertz CT molecular complexity index is 1070. The van der Waals surface area contributed by atoms with Gasteiger partial charge in [0, 0.05) is 30.1 Å². The number of carbonyl (C=O) groups is 1. The van der Waals surface area contributed by atoms with E-state index in [1.807, 2.05) is 30.3 Å². The predicted octanol–water partition coefficient (Wildman–Crippen LogP) is 5.42. The van der Waals surface area contributed by atoms with Crippen molar-refractivity contribution in [2.45, 2.75) is 57.2 Å². The zero-order valence-electron chi connectivity index (χ0n) is 17.5. The first kappa shape index (κ1) is 20.7. The highest BCUT2D eigenvalue weighted by Gasteiger charge is 2.41. The van der Waals surface area contributed by atoms with Gasteiger partial charge in [-0.1, -0.05) is 35.1 Å². The maximum Gasteiger partial charge on any atom is 0.279 e. The van der Waals surface area contributed by atoms with Gasteiger partial charge in [-0.3, -0.25) is 4.79 Å². The number of ether oxygens (including phenoxy) is 1. The first-order valence-electron chi connectivity index (χ1n) is 10.9. The molecule has 2 bridgehead atoms. The van der Waals surface area contributed by atoms with E-state index in [1.165, 1.54) is 16.9 Å². The smallest absolute Gasteiger partial charge is 0.279 e. The number of amides is 1. The van der Waals surface area contributed by atoms with E-state index in [9.17, 15) is 4.79 Å². The average Bonchev–Trinajstić information content (AvgIpc) is 3.26. The second-order valence-corrected chi connectivity index (χ2v) is 9.95. The number of piperidine rings is 1. The van der Waals surface area contributed by atoms with E-state index in [0.29, 0.717) is 28.3 Å². The molecule has 1 aromatic heterocycles. The number of hydrogen-bond donors (Lipinski definition) is 1. The van der Waals surface area contributed by atoms with Crippen LogP contribution in [-0.2, 0) is 11.2 Å². The summed E-state index contributed by atoms with van der Waals surface area (Å²) in [6.07, 6.45) is 5.45. The second-order valence-electron chi connectivity index (χ2n) is 8.52. The Hall–Kier alpha value is -2.15. The molecule has 2 aliphatic rings. The summed E-state index contributed by atoms with van der Waals surface area (Å²) in [6, 6.07) is 15.3. The van der Waals surface area contributed by atoms with E-state index in [0.717, 1.165) is 54.6 Å². The number of hydrogen-bond acceptors (Lipinski definition) is 5. The zero-order chi connectivity index (χ0) is 21.4. The molecule has 0 saturated carbocycles. The van der Waals surface area contributed by atoms with Crippen molar-refractivity contribution in [1.29, 1.82) is 0 Å². The molecule has 0 radical (unpaired) electrons. The van der Waals surface area contributed by atoms with Crippen LogP contribution in [0.15, 0.2) is 42.5 Å². The molecule has 3 heterocycles. The lowest BCUT2D eigenvalue weighted by Crippen LogP contribution is -2.51. The van der Waals surface area contributed by atoms with Crippen molar-refractivity contribution in [1.82, 2.24) is 15.2 Å². The topological polar surface area (TPSA) is 54.5 Å². The zero-order valence-corrected chi connectivity index (χ0v) is 19.1. The number of benzene rings is 2. The summed E-state index contributed by atoms with van der Waals surface area (Å²) in [7, 11) is 0. The molecule has 162 valence electrons. The molecule has 2 aliphatic heterocycles. The van der Waals surface area contributed by atoms with E-state index in [4.69, 9.17) is 16.3 Å². The molecule has 3 aromatic rings. The molecule has 2 unspecified atom stereocenters. The van der Waals surface area contributed by atoms with Crippen LogP contribution >= 0.6 is 22.9 Å². The number of fused-ring (bicyclic) bond motifs is 3. The normalized spacial score (nSPS) is 22.8. The highest BCUT2D eigenvalue weighted by atomic mass is 35.5. The van der Waals surface area contributed by atoms with E-state index in [2.05, 4.69) is 27.3 Å². The van der Waals surface area contributed by atoms with Gasteiger partial charge in [-0.2, -0.15) is 0 Å². The number of rotatable bonds is 6. The third-order valence-corrected chi connectivity index (χ3v) is 7.53. The molecule has 5 rings (SSSR count). The summed E-state index contributed by atoms with van der Waals surface area (Å²) in [4.78, 5) is 18.5. The van der Waals surface area contributed by atoms with E-state index in [-0.39, 0.29) is 5.91 Å². The maximum atomic E-state index is 11.9. The fourth-order valence-electron chi connectivity index (χ4n) is 5.02. The van der Waals surface area contributed by atoms with Gasteiger partial charge in [0.15, 0.2) is 0 Å². The largest absolute Gasteiger partial charge is 0.431 e.